The monoisotopic (exact) mass is 234 g/mol. The maximum absolute atomic E-state index is 11.8. The minimum absolute atomic E-state index is 0.0580. The van der Waals surface area contributed by atoms with E-state index in [0.29, 0.717) is 12.1 Å². The van der Waals surface area contributed by atoms with Gasteiger partial charge in [-0.05, 0) is 30.8 Å². The largest absolute Gasteiger partial charge is 0.457 e. The minimum atomic E-state index is -0.211. The molecule has 1 heterocycles. The topological polar surface area (TPSA) is 41.6 Å². The molecule has 0 bridgehead atoms. The molecule has 1 aliphatic rings. The molecule has 0 radical (unpaired) electrons. The first-order valence-corrected chi connectivity index (χ1v) is 5.77. The number of nitrogens with one attached hydrogen (secondary N) is 1. The van der Waals surface area contributed by atoms with E-state index in [4.69, 9.17) is 4.74 Å². The minimum Gasteiger partial charge on any atom is -0.457 e. The van der Waals surface area contributed by atoms with Gasteiger partial charge in [-0.15, -0.1) is 0 Å². The van der Waals surface area contributed by atoms with Crippen molar-refractivity contribution in [1.29, 1.82) is 0 Å². The fraction of sp³-hybridized carbons (Fsp3) is 0.462. The first kappa shape index (κ1) is 11.9. The molecule has 1 aliphatic heterocycles. The van der Waals surface area contributed by atoms with Gasteiger partial charge in [-0.3, -0.25) is 0 Å². The number of ether oxygens (including phenoxy) is 1. The lowest BCUT2D eigenvalue weighted by molar-refractivity contribution is 0.0264. The number of carbonyl (C=O) groups excluding carboxylic acids is 1. The fourth-order valence-corrected chi connectivity index (χ4v) is 2.07. The van der Waals surface area contributed by atoms with Crippen molar-refractivity contribution in [2.75, 3.05) is 32.6 Å². The van der Waals surface area contributed by atoms with E-state index in [9.17, 15) is 4.79 Å². The number of fused-ring (bicyclic) bond motifs is 1. The smallest absolute Gasteiger partial charge is 0.338 e. The van der Waals surface area contributed by atoms with E-state index in [1.54, 1.807) is 0 Å². The second-order valence-electron chi connectivity index (χ2n) is 4.52. The lowest BCUT2D eigenvalue weighted by Crippen LogP contribution is -2.35. The summed E-state index contributed by atoms with van der Waals surface area (Å²) in [4.78, 5) is 13.8. The average Bonchev–Trinajstić information content (AvgIpc) is 2.28. The molecule has 0 spiro atoms. The second-order valence-corrected chi connectivity index (χ2v) is 4.52. The van der Waals surface area contributed by atoms with Crippen LogP contribution < -0.4 is 10.2 Å². The molecule has 0 aromatic heterocycles. The van der Waals surface area contributed by atoms with Crippen molar-refractivity contribution >= 4 is 11.7 Å². The predicted octanol–water partition coefficient (Wildman–Crippen LogP) is 1.05. The van der Waals surface area contributed by atoms with Gasteiger partial charge in [0.05, 0.1) is 5.56 Å². The highest BCUT2D eigenvalue weighted by Gasteiger charge is 2.25. The number of cyclic esters (lactones) is 1. The van der Waals surface area contributed by atoms with Crippen molar-refractivity contribution in [2.45, 2.75) is 12.5 Å². The maximum Gasteiger partial charge on any atom is 0.338 e. The van der Waals surface area contributed by atoms with Crippen molar-refractivity contribution < 1.29 is 9.53 Å². The third kappa shape index (κ3) is 2.42. The Kier molecular flexibility index (Phi) is 3.33. The number of hydrogen-bond acceptors (Lipinski definition) is 4. The van der Waals surface area contributed by atoms with Crippen LogP contribution in [0, 0.1) is 0 Å². The highest BCUT2D eigenvalue weighted by molar-refractivity contribution is 5.92. The van der Waals surface area contributed by atoms with E-state index in [0.717, 1.165) is 17.7 Å². The number of nitrogens with zero attached hydrogens (tertiary/aromatic N) is 1. The zero-order valence-electron chi connectivity index (χ0n) is 10.5. The van der Waals surface area contributed by atoms with Crippen LogP contribution in [0.3, 0.4) is 0 Å². The molecule has 92 valence electrons. The van der Waals surface area contributed by atoms with Crippen LogP contribution in [-0.4, -0.2) is 39.8 Å². The van der Waals surface area contributed by atoms with Crippen molar-refractivity contribution in [3.05, 3.63) is 29.3 Å². The molecule has 0 amide bonds. The van der Waals surface area contributed by atoms with E-state index in [-0.39, 0.29) is 12.1 Å². The quantitative estimate of drug-likeness (QED) is 0.794. The molecule has 2 rings (SSSR count). The van der Waals surface area contributed by atoms with E-state index < -0.39 is 0 Å². The predicted molar refractivity (Wildman–Crippen MR) is 67.6 cm³/mol. The summed E-state index contributed by atoms with van der Waals surface area (Å²) in [5, 5.41) is 3.04. The van der Waals surface area contributed by atoms with E-state index in [1.165, 1.54) is 0 Å². The molecule has 0 fully saturated rings. The zero-order valence-corrected chi connectivity index (χ0v) is 10.5. The molecule has 1 N–H and O–H groups in total. The SMILES string of the molecule is CNCC1Cc2cc(N(C)C)ccc2C(=O)O1. The molecular weight excluding hydrogens is 216 g/mol. The van der Waals surface area contributed by atoms with Crippen LogP contribution in [0.25, 0.3) is 0 Å². The molecule has 0 aliphatic carbocycles. The van der Waals surface area contributed by atoms with Gasteiger partial charge in [0.2, 0.25) is 0 Å². The Morgan fingerprint density at radius 3 is 2.88 bits per heavy atom. The summed E-state index contributed by atoms with van der Waals surface area (Å²) in [6.45, 7) is 0.692. The van der Waals surface area contributed by atoms with Crippen LogP contribution in [-0.2, 0) is 11.2 Å². The van der Waals surface area contributed by atoms with Gasteiger partial charge in [-0.1, -0.05) is 0 Å². The Bertz CT molecular complexity index is 429. The number of anilines is 1. The number of benzene rings is 1. The number of esters is 1. The molecule has 1 unspecified atom stereocenters. The van der Waals surface area contributed by atoms with Gasteiger partial charge in [-0.2, -0.15) is 0 Å². The number of rotatable bonds is 3. The molecule has 1 aromatic rings. The van der Waals surface area contributed by atoms with Crippen LogP contribution in [0.5, 0.6) is 0 Å². The van der Waals surface area contributed by atoms with E-state index >= 15 is 0 Å². The summed E-state index contributed by atoms with van der Waals surface area (Å²) in [6, 6.07) is 5.86. The number of hydrogen-bond donors (Lipinski definition) is 1. The summed E-state index contributed by atoms with van der Waals surface area (Å²) >= 11 is 0. The third-order valence-corrected chi connectivity index (χ3v) is 2.98. The Hall–Kier alpha value is -1.55. The van der Waals surface area contributed by atoms with Gasteiger partial charge >= 0.3 is 5.97 Å². The van der Waals surface area contributed by atoms with Gasteiger partial charge in [0.15, 0.2) is 0 Å². The maximum atomic E-state index is 11.8. The molecule has 1 aromatic carbocycles. The van der Waals surface area contributed by atoms with Crippen molar-refractivity contribution in [3.8, 4) is 0 Å². The van der Waals surface area contributed by atoms with Gasteiger partial charge < -0.3 is 15.0 Å². The van der Waals surface area contributed by atoms with Crippen LogP contribution in [0.4, 0.5) is 5.69 Å². The van der Waals surface area contributed by atoms with Crippen LogP contribution in [0.15, 0.2) is 18.2 Å². The zero-order chi connectivity index (χ0) is 12.4. The first-order chi connectivity index (χ1) is 8.11. The van der Waals surface area contributed by atoms with Crippen molar-refractivity contribution in [2.24, 2.45) is 0 Å². The molecule has 1 atom stereocenters. The highest BCUT2D eigenvalue weighted by atomic mass is 16.5. The normalized spacial score (nSPS) is 18.5. The van der Waals surface area contributed by atoms with Gasteiger partial charge in [0, 0.05) is 32.7 Å². The number of carbonyl (C=O) groups is 1. The lowest BCUT2D eigenvalue weighted by Gasteiger charge is -2.25. The van der Waals surface area contributed by atoms with Gasteiger partial charge in [0.1, 0.15) is 6.10 Å². The molecule has 0 saturated heterocycles. The molecule has 17 heavy (non-hydrogen) atoms. The van der Waals surface area contributed by atoms with Crippen LogP contribution in [0.2, 0.25) is 0 Å². The summed E-state index contributed by atoms with van der Waals surface area (Å²) < 4.78 is 5.34. The van der Waals surface area contributed by atoms with E-state index in [1.807, 2.05) is 38.2 Å². The Labute approximate surface area is 102 Å². The summed E-state index contributed by atoms with van der Waals surface area (Å²) in [5.74, 6) is -0.211. The highest BCUT2D eigenvalue weighted by Crippen LogP contribution is 2.24. The Morgan fingerprint density at radius 1 is 1.47 bits per heavy atom. The molecule has 4 heteroatoms. The van der Waals surface area contributed by atoms with Gasteiger partial charge in [-0.25, -0.2) is 4.79 Å². The standard InChI is InChI=1S/C13H18N2O2/c1-14-8-11-7-9-6-10(15(2)3)4-5-12(9)13(16)17-11/h4-6,11,14H,7-8H2,1-3H3. The van der Waals surface area contributed by atoms with Crippen molar-refractivity contribution in [3.63, 3.8) is 0 Å². The van der Waals surface area contributed by atoms with Crippen molar-refractivity contribution in [1.82, 2.24) is 5.32 Å². The Morgan fingerprint density at radius 2 is 2.24 bits per heavy atom. The molecule has 0 saturated carbocycles. The summed E-state index contributed by atoms with van der Waals surface area (Å²) in [5.41, 5.74) is 2.89. The molecular formula is C13H18N2O2. The fourth-order valence-electron chi connectivity index (χ4n) is 2.07. The first-order valence-electron chi connectivity index (χ1n) is 5.77. The summed E-state index contributed by atoms with van der Waals surface area (Å²) in [7, 11) is 5.85. The van der Waals surface area contributed by atoms with Gasteiger partial charge in [0.25, 0.3) is 0 Å². The molecule has 4 nitrogen and oxygen atoms in total. The van der Waals surface area contributed by atoms with Crippen LogP contribution in [0.1, 0.15) is 15.9 Å². The third-order valence-electron chi connectivity index (χ3n) is 2.98. The second kappa shape index (κ2) is 4.75. The number of likely N-dealkylation sites (N-methyl/N-ethyl adjacent to an activating group) is 1. The average molecular weight is 234 g/mol. The Balaban J connectivity index is 2.30. The lowest BCUT2D eigenvalue weighted by atomic mass is 9.97. The van der Waals surface area contributed by atoms with Crippen LogP contribution >= 0.6 is 0 Å². The van der Waals surface area contributed by atoms with E-state index in [2.05, 4.69) is 11.4 Å². The summed E-state index contributed by atoms with van der Waals surface area (Å²) in [6.07, 6.45) is 0.723.